The van der Waals surface area contributed by atoms with Crippen LogP contribution in [-0.2, 0) is 15.6 Å². The summed E-state index contributed by atoms with van der Waals surface area (Å²) in [6.07, 6.45) is -1.42. The van der Waals surface area contributed by atoms with Crippen molar-refractivity contribution in [3.8, 4) is 28.8 Å². The van der Waals surface area contributed by atoms with Crippen LogP contribution in [0.2, 0.25) is 0 Å². The molecule has 1 aromatic carbocycles. The number of methoxy groups -OCH3 is 2. The molecule has 0 bridgehead atoms. The van der Waals surface area contributed by atoms with Crippen molar-refractivity contribution in [3.63, 3.8) is 0 Å². The Balaban J connectivity index is 1.83. The first kappa shape index (κ1) is 25.5. The quantitative estimate of drug-likeness (QED) is 0.351. The van der Waals surface area contributed by atoms with E-state index < -0.39 is 26.9 Å². The van der Waals surface area contributed by atoms with Crippen molar-refractivity contribution >= 4 is 9.84 Å². The lowest BCUT2D eigenvalue weighted by atomic mass is 10.2. The van der Waals surface area contributed by atoms with Gasteiger partial charge in [0.1, 0.15) is 34.8 Å². The van der Waals surface area contributed by atoms with Gasteiger partial charge < -0.3 is 23.4 Å². The van der Waals surface area contributed by atoms with E-state index in [-0.39, 0.29) is 17.4 Å². The lowest BCUT2D eigenvalue weighted by Crippen LogP contribution is -2.28. The second-order valence-corrected chi connectivity index (χ2v) is 10.7. The number of para-hydroxylation sites is 1. The molecule has 0 unspecified atom stereocenters. The zero-order valence-corrected chi connectivity index (χ0v) is 21.7. The number of aryl methyl sites for hydroxylation is 3. The molecule has 0 aliphatic carbocycles. The predicted molar refractivity (Wildman–Crippen MR) is 130 cm³/mol. The summed E-state index contributed by atoms with van der Waals surface area (Å²) in [6, 6.07) is 8.67. The van der Waals surface area contributed by atoms with Crippen molar-refractivity contribution in [1.82, 2.24) is 19.7 Å². The van der Waals surface area contributed by atoms with Crippen LogP contribution in [-0.4, -0.2) is 52.7 Å². The van der Waals surface area contributed by atoms with Crippen molar-refractivity contribution in [1.29, 1.82) is 0 Å². The van der Waals surface area contributed by atoms with Gasteiger partial charge in [0, 0.05) is 6.92 Å². The molecule has 0 amide bonds. The van der Waals surface area contributed by atoms with Crippen molar-refractivity contribution < 1.29 is 31.8 Å². The molecule has 11 nitrogen and oxygen atoms in total. The minimum atomic E-state index is -3.97. The number of hydrogen-bond donors (Lipinski definition) is 1. The lowest BCUT2D eigenvalue weighted by molar-refractivity contribution is 0.146. The smallest absolute Gasteiger partial charge is 0.204 e. The zero-order valence-electron chi connectivity index (χ0n) is 20.8. The first-order valence-corrected chi connectivity index (χ1v) is 12.8. The van der Waals surface area contributed by atoms with E-state index >= 15 is 0 Å². The summed E-state index contributed by atoms with van der Waals surface area (Å²) >= 11 is 0. The van der Waals surface area contributed by atoms with Gasteiger partial charge in [0.05, 0.1) is 25.2 Å². The van der Waals surface area contributed by atoms with Gasteiger partial charge >= 0.3 is 0 Å². The van der Waals surface area contributed by atoms with Crippen molar-refractivity contribution in [2.24, 2.45) is 0 Å². The number of oxazole rings is 1. The van der Waals surface area contributed by atoms with Gasteiger partial charge in [-0.25, -0.2) is 13.4 Å². The molecule has 0 aliphatic heterocycles. The largest absolute Gasteiger partial charge is 0.494 e. The number of aromatic nitrogens is 4. The molecule has 1 N–H and O–H groups in total. The van der Waals surface area contributed by atoms with Gasteiger partial charge in [-0.3, -0.25) is 4.57 Å². The molecule has 4 aromatic rings. The van der Waals surface area contributed by atoms with Crippen LogP contribution in [0.1, 0.15) is 42.0 Å². The molecule has 36 heavy (non-hydrogen) atoms. The SMILES string of the molecule is COc1cccc(OC)c1-n1c(CS(=O)(=O)[C@H](C)[C@@H](O)c2oc(C)nc2C)nnc1-c1ccc(C)o1. The van der Waals surface area contributed by atoms with Crippen LogP contribution in [0.5, 0.6) is 11.5 Å². The Morgan fingerprint density at radius 2 is 1.69 bits per heavy atom. The topological polar surface area (TPSA) is 143 Å². The Morgan fingerprint density at radius 3 is 2.22 bits per heavy atom. The highest BCUT2D eigenvalue weighted by atomic mass is 32.2. The molecule has 3 aromatic heterocycles. The van der Waals surface area contributed by atoms with Crippen molar-refractivity contribution in [2.45, 2.75) is 44.8 Å². The van der Waals surface area contributed by atoms with Crippen molar-refractivity contribution in [2.75, 3.05) is 14.2 Å². The number of furan rings is 1. The number of nitrogens with zero attached hydrogens (tertiary/aromatic N) is 4. The summed E-state index contributed by atoms with van der Waals surface area (Å²) in [6.45, 7) is 6.48. The maximum Gasteiger partial charge on any atom is 0.204 e. The fraction of sp³-hybridized carbons (Fsp3) is 0.375. The molecule has 3 heterocycles. The number of rotatable bonds is 9. The van der Waals surface area contributed by atoms with Crippen molar-refractivity contribution in [3.05, 3.63) is 59.3 Å². The Morgan fingerprint density at radius 1 is 1.03 bits per heavy atom. The highest BCUT2D eigenvalue weighted by molar-refractivity contribution is 7.91. The monoisotopic (exact) mass is 516 g/mol. The maximum atomic E-state index is 13.5. The molecule has 0 radical (unpaired) electrons. The second kappa shape index (κ2) is 9.78. The lowest BCUT2D eigenvalue weighted by Gasteiger charge is -2.19. The summed E-state index contributed by atoms with van der Waals surface area (Å²) in [5, 5.41) is 18.0. The van der Waals surface area contributed by atoms with E-state index in [1.54, 1.807) is 51.1 Å². The normalized spacial score (nSPS) is 13.5. The molecular weight excluding hydrogens is 488 g/mol. The number of aliphatic hydroxyl groups is 1. The van der Waals surface area contributed by atoms with Gasteiger partial charge in [-0.15, -0.1) is 10.2 Å². The van der Waals surface area contributed by atoms with Crippen LogP contribution in [0, 0.1) is 20.8 Å². The Bertz CT molecular complexity index is 1460. The molecule has 192 valence electrons. The van der Waals surface area contributed by atoms with Gasteiger partial charge in [0.15, 0.2) is 33.1 Å². The highest BCUT2D eigenvalue weighted by Gasteiger charge is 2.35. The van der Waals surface area contributed by atoms with Crippen LogP contribution in [0.3, 0.4) is 0 Å². The van der Waals surface area contributed by atoms with Crippen LogP contribution < -0.4 is 9.47 Å². The zero-order chi connectivity index (χ0) is 26.2. The third kappa shape index (κ3) is 4.61. The van der Waals surface area contributed by atoms with Gasteiger partial charge in [-0.05, 0) is 45.0 Å². The molecule has 0 spiro atoms. The highest BCUT2D eigenvalue weighted by Crippen LogP contribution is 2.37. The van der Waals surface area contributed by atoms with E-state index in [0.717, 1.165) is 0 Å². The Hall–Kier alpha value is -3.64. The summed E-state index contributed by atoms with van der Waals surface area (Å²) in [5.41, 5.74) is 0.844. The number of benzene rings is 1. The third-order valence-electron chi connectivity index (χ3n) is 5.87. The Kier molecular flexibility index (Phi) is 6.92. The second-order valence-electron chi connectivity index (χ2n) is 8.34. The number of ether oxygens (including phenoxy) is 2. The minimum absolute atomic E-state index is 0.0892. The summed E-state index contributed by atoms with van der Waals surface area (Å²) in [4.78, 5) is 4.13. The first-order chi connectivity index (χ1) is 17.1. The minimum Gasteiger partial charge on any atom is -0.494 e. The van der Waals surface area contributed by atoms with Gasteiger partial charge in [-0.1, -0.05) is 6.07 Å². The average Bonchev–Trinajstić information content (AvgIpc) is 3.55. The molecule has 0 fully saturated rings. The molecule has 4 rings (SSSR count). The molecule has 2 atom stereocenters. The fourth-order valence-corrected chi connectivity index (χ4v) is 5.28. The molecule has 0 saturated heterocycles. The first-order valence-electron chi connectivity index (χ1n) is 11.1. The Labute approximate surface area is 208 Å². The van der Waals surface area contributed by atoms with E-state index in [0.29, 0.717) is 40.3 Å². The molecule has 0 saturated carbocycles. The predicted octanol–water partition coefficient (Wildman–Crippen LogP) is 3.49. The van der Waals surface area contributed by atoms with E-state index in [1.165, 1.54) is 25.7 Å². The van der Waals surface area contributed by atoms with E-state index in [1.807, 2.05) is 0 Å². The van der Waals surface area contributed by atoms with Gasteiger partial charge in [0.2, 0.25) is 5.82 Å². The summed E-state index contributed by atoms with van der Waals surface area (Å²) < 4.78 is 50.8. The summed E-state index contributed by atoms with van der Waals surface area (Å²) in [5.74, 6) is 2.14. The number of aliphatic hydroxyl groups excluding tert-OH is 1. The van der Waals surface area contributed by atoms with Crippen LogP contribution in [0.25, 0.3) is 17.3 Å². The van der Waals surface area contributed by atoms with Crippen LogP contribution in [0.4, 0.5) is 0 Å². The van der Waals surface area contributed by atoms with Gasteiger partial charge in [-0.2, -0.15) is 0 Å². The summed E-state index contributed by atoms with van der Waals surface area (Å²) in [7, 11) is -0.983. The van der Waals surface area contributed by atoms with E-state index in [9.17, 15) is 13.5 Å². The maximum absolute atomic E-state index is 13.5. The molecular formula is C24H28N4O7S. The molecule has 12 heteroatoms. The third-order valence-corrected chi connectivity index (χ3v) is 7.92. The molecule has 0 aliphatic rings. The number of hydrogen-bond acceptors (Lipinski definition) is 10. The standard InChI is InChI=1S/C24H28N4O7S/c1-13-10-11-19(34-13)24-27-26-20(28(24)21-17(32-5)8-7-9-18(21)33-6)12-36(30,31)15(3)22(29)23-14(2)25-16(4)35-23/h7-11,15,22,29H,12H2,1-6H3/t15-,22-/m1/s1. The van der Waals surface area contributed by atoms with E-state index in [4.69, 9.17) is 18.3 Å². The van der Waals surface area contributed by atoms with Gasteiger partial charge in [0.25, 0.3) is 0 Å². The fourth-order valence-electron chi connectivity index (χ4n) is 3.95. The van der Waals surface area contributed by atoms with E-state index in [2.05, 4.69) is 15.2 Å². The van der Waals surface area contributed by atoms with Crippen LogP contribution in [0.15, 0.2) is 39.2 Å². The van der Waals surface area contributed by atoms with Crippen LogP contribution >= 0.6 is 0 Å². The number of sulfone groups is 1. The average molecular weight is 517 g/mol.